The lowest BCUT2D eigenvalue weighted by Gasteiger charge is -2.11. The maximum absolute atomic E-state index is 11.3. The first-order valence-electron chi connectivity index (χ1n) is 17.2. The summed E-state index contributed by atoms with van der Waals surface area (Å²) >= 11 is 0. The van der Waals surface area contributed by atoms with E-state index in [1.54, 1.807) is 6.92 Å². The Morgan fingerprint density at radius 1 is 0.729 bits per heavy atom. The van der Waals surface area contributed by atoms with Gasteiger partial charge < -0.3 is 0 Å². The molecular formula is C45H62NOP. The number of aliphatic imine (C=N–C) groups is 1. The van der Waals surface area contributed by atoms with Gasteiger partial charge in [0.05, 0.1) is 0 Å². The number of rotatable bonds is 9. The fourth-order valence-electron chi connectivity index (χ4n) is 4.72. The van der Waals surface area contributed by atoms with Gasteiger partial charge in [-0.15, -0.1) is 13.2 Å². The van der Waals surface area contributed by atoms with Gasteiger partial charge in [-0.25, -0.2) is 0 Å². The number of Topliss-reactive ketones (excluding diaryl/α,β-unsaturated/α-hetero) is 1. The molecule has 0 N–H and O–H groups in total. The average molecular weight is 664 g/mol. The highest BCUT2D eigenvalue weighted by Crippen LogP contribution is 2.23. The number of carbonyl (C=O) groups excluding carboxylic acids is 1. The lowest BCUT2D eigenvalue weighted by Crippen LogP contribution is -2.01. The topological polar surface area (TPSA) is 29.4 Å². The van der Waals surface area contributed by atoms with Crippen molar-refractivity contribution in [3.63, 3.8) is 0 Å². The summed E-state index contributed by atoms with van der Waals surface area (Å²) in [5, 5.41) is 1.46. The fraction of sp³-hybridized carbons (Fsp3) is 0.333. The molecule has 258 valence electrons. The van der Waals surface area contributed by atoms with E-state index in [0.717, 1.165) is 51.2 Å². The Hall–Kier alpha value is -3.87. The third-order valence-electron chi connectivity index (χ3n) is 7.62. The zero-order valence-corrected chi connectivity index (χ0v) is 32.6. The normalized spacial score (nSPS) is 10.5. The fourth-order valence-corrected chi connectivity index (χ4v) is 5.33. The number of allylic oxidation sites excluding steroid dienone is 2. The van der Waals surface area contributed by atoms with Gasteiger partial charge in [-0.2, -0.15) is 0 Å². The molecular weight excluding hydrogens is 601 g/mol. The molecule has 2 nitrogen and oxygen atoms in total. The molecule has 1 unspecified atom stereocenters. The third kappa shape index (κ3) is 18.5. The molecule has 0 spiro atoms. The van der Waals surface area contributed by atoms with Gasteiger partial charge in [0.15, 0.2) is 5.78 Å². The number of nitrogens with zero attached hydrogens (tertiary/aromatic N) is 1. The number of hydrogen-bond donors (Lipinski definition) is 0. The van der Waals surface area contributed by atoms with Gasteiger partial charge in [-0.1, -0.05) is 152 Å². The van der Waals surface area contributed by atoms with Gasteiger partial charge in [0.1, 0.15) is 0 Å². The quantitative estimate of drug-likeness (QED) is 0.0758. The standard InChI is InChI=1S/C14H14.C12H21NO.C9H13P.C8H10.C2H4/c1-12(13-8-4-2-5-9-13)14-10-6-3-7-11-14;1-6-8-12(13-9(3)4)11(7-2)10(5)14;1-7-4-5-9(10-3)6-8(7)2;1-2-8-6-4-3-5-7-8;1-2/h2-12H,1H3;6-8H2,1-5H3;4-6,10H,1-3H3;3-7H,2H2,1H3;1-2H2/b;12-11-;;;. The van der Waals surface area contributed by atoms with Crippen molar-refractivity contribution in [1.82, 2.24) is 0 Å². The van der Waals surface area contributed by atoms with Crippen LogP contribution in [0.2, 0.25) is 0 Å². The van der Waals surface area contributed by atoms with E-state index in [1.807, 2.05) is 26.8 Å². The van der Waals surface area contributed by atoms with Crippen LogP contribution in [-0.2, 0) is 11.2 Å². The molecule has 1 atom stereocenters. The number of carbonyl (C=O) groups is 1. The Labute approximate surface area is 296 Å². The van der Waals surface area contributed by atoms with E-state index in [1.165, 1.54) is 33.1 Å². The van der Waals surface area contributed by atoms with Crippen LogP contribution in [0.1, 0.15) is 101 Å². The van der Waals surface area contributed by atoms with Crippen molar-refractivity contribution < 1.29 is 4.79 Å². The van der Waals surface area contributed by atoms with Crippen molar-refractivity contribution in [2.75, 3.05) is 6.66 Å². The predicted molar refractivity (Wildman–Crippen MR) is 219 cm³/mol. The van der Waals surface area contributed by atoms with E-state index >= 15 is 0 Å². The molecule has 0 amide bonds. The van der Waals surface area contributed by atoms with E-state index in [2.05, 4.69) is 163 Å². The van der Waals surface area contributed by atoms with Crippen molar-refractivity contribution in [2.45, 2.75) is 93.9 Å². The lowest BCUT2D eigenvalue weighted by molar-refractivity contribution is -0.113. The molecule has 0 bridgehead atoms. The first-order valence-corrected chi connectivity index (χ1v) is 18.7. The van der Waals surface area contributed by atoms with Crippen LogP contribution in [0.3, 0.4) is 0 Å². The summed E-state index contributed by atoms with van der Waals surface area (Å²) in [6.07, 6.45) is 3.85. The minimum atomic E-state index is 0.154. The van der Waals surface area contributed by atoms with Crippen LogP contribution in [0.15, 0.2) is 139 Å². The Bertz CT molecular complexity index is 1430. The molecule has 0 aliphatic heterocycles. The summed E-state index contributed by atoms with van der Waals surface area (Å²) < 4.78 is 0. The van der Waals surface area contributed by atoms with Gasteiger partial charge in [-0.3, -0.25) is 9.79 Å². The molecule has 0 radical (unpaired) electrons. The highest BCUT2D eigenvalue weighted by molar-refractivity contribution is 7.46. The van der Waals surface area contributed by atoms with Crippen LogP contribution < -0.4 is 5.30 Å². The molecule has 4 aromatic rings. The highest BCUT2D eigenvalue weighted by atomic mass is 31.1. The van der Waals surface area contributed by atoms with Gasteiger partial charge in [0.2, 0.25) is 0 Å². The van der Waals surface area contributed by atoms with E-state index in [4.69, 9.17) is 0 Å². The predicted octanol–water partition coefficient (Wildman–Crippen LogP) is 12.6. The molecule has 0 saturated carbocycles. The molecule has 0 saturated heterocycles. The molecule has 0 aliphatic rings. The zero-order chi connectivity index (χ0) is 36.3. The number of ketones is 1. The molecule has 48 heavy (non-hydrogen) atoms. The Morgan fingerprint density at radius 3 is 1.54 bits per heavy atom. The number of hydrogen-bond acceptors (Lipinski definition) is 2. The maximum Gasteiger partial charge on any atom is 0.157 e. The third-order valence-corrected chi connectivity index (χ3v) is 8.51. The average Bonchev–Trinajstić information content (AvgIpc) is 3.12. The summed E-state index contributed by atoms with van der Waals surface area (Å²) in [5.41, 5.74) is 9.83. The SMILES string of the molecule is C=C.CC(c1ccccc1)c1ccccc1.CCC/C(N=C(C)C)=C(\CC)C(C)=O.CCc1ccccc1.CPc1ccc(C)c(C)c1. The van der Waals surface area contributed by atoms with Crippen molar-refractivity contribution in [3.05, 3.63) is 161 Å². The Kier molecular flexibility index (Phi) is 24.9. The maximum atomic E-state index is 11.3. The Balaban J connectivity index is 0.000000615. The van der Waals surface area contributed by atoms with Gasteiger partial charge >= 0.3 is 0 Å². The highest BCUT2D eigenvalue weighted by Gasteiger charge is 2.08. The van der Waals surface area contributed by atoms with Crippen molar-refractivity contribution in [2.24, 2.45) is 4.99 Å². The van der Waals surface area contributed by atoms with Crippen LogP contribution in [-0.4, -0.2) is 18.2 Å². The summed E-state index contributed by atoms with van der Waals surface area (Å²) in [4.78, 5) is 15.8. The first kappa shape index (κ1) is 44.1. The smallest absolute Gasteiger partial charge is 0.157 e. The van der Waals surface area contributed by atoms with E-state index in [0.29, 0.717) is 5.92 Å². The second kappa shape index (κ2) is 27.1. The van der Waals surface area contributed by atoms with Crippen LogP contribution in [0.5, 0.6) is 0 Å². The van der Waals surface area contributed by atoms with Gasteiger partial charge in [0, 0.05) is 22.9 Å². The zero-order valence-electron chi connectivity index (χ0n) is 31.6. The largest absolute Gasteiger partial charge is 0.295 e. The second-order valence-electron chi connectivity index (χ2n) is 11.6. The van der Waals surface area contributed by atoms with Gasteiger partial charge in [0.25, 0.3) is 0 Å². The summed E-state index contributed by atoms with van der Waals surface area (Å²) in [6, 6.07) is 38.3. The minimum absolute atomic E-state index is 0.154. The molecule has 3 heteroatoms. The molecule has 4 rings (SSSR count). The lowest BCUT2D eigenvalue weighted by atomic mass is 9.93. The number of aryl methyl sites for hydroxylation is 3. The molecule has 0 aromatic heterocycles. The van der Waals surface area contributed by atoms with Crippen LogP contribution in [0, 0.1) is 13.8 Å². The van der Waals surface area contributed by atoms with Gasteiger partial charge in [-0.05, 0) is 93.7 Å². The first-order chi connectivity index (χ1) is 23.1. The van der Waals surface area contributed by atoms with Crippen LogP contribution >= 0.6 is 8.58 Å². The van der Waals surface area contributed by atoms with Crippen molar-refractivity contribution >= 4 is 25.4 Å². The summed E-state index contributed by atoms with van der Waals surface area (Å²) in [7, 11) is 0.923. The van der Waals surface area contributed by atoms with Crippen LogP contribution in [0.25, 0.3) is 0 Å². The number of benzene rings is 4. The molecule has 0 aliphatic carbocycles. The van der Waals surface area contributed by atoms with E-state index in [-0.39, 0.29) is 5.78 Å². The van der Waals surface area contributed by atoms with E-state index in [9.17, 15) is 4.79 Å². The summed E-state index contributed by atoms with van der Waals surface area (Å²) in [5.74, 6) is 0.637. The Morgan fingerprint density at radius 2 is 1.21 bits per heavy atom. The van der Waals surface area contributed by atoms with Crippen molar-refractivity contribution in [1.29, 1.82) is 0 Å². The van der Waals surface area contributed by atoms with Crippen LogP contribution in [0.4, 0.5) is 0 Å². The van der Waals surface area contributed by atoms with Crippen molar-refractivity contribution in [3.8, 4) is 0 Å². The monoisotopic (exact) mass is 663 g/mol. The van der Waals surface area contributed by atoms with E-state index < -0.39 is 0 Å². The second-order valence-corrected chi connectivity index (χ2v) is 12.7. The summed E-state index contributed by atoms with van der Waals surface area (Å²) in [6.45, 7) is 26.6. The molecule has 0 heterocycles. The minimum Gasteiger partial charge on any atom is -0.295 e. The molecule has 4 aromatic carbocycles. The molecule has 0 fully saturated rings.